The number of para-hydroxylation sites is 1. The van der Waals surface area contributed by atoms with E-state index in [1.54, 1.807) is 0 Å². The van der Waals surface area contributed by atoms with Crippen molar-refractivity contribution in [1.82, 2.24) is 15.3 Å². The van der Waals surface area contributed by atoms with Crippen molar-refractivity contribution >= 4 is 5.69 Å². The quantitative estimate of drug-likeness (QED) is 0.928. The summed E-state index contributed by atoms with van der Waals surface area (Å²) in [5.41, 5.74) is 2.68. The van der Waals surface area contributed by atoms with Crippen molar-refractivity contribution < 1.29 is 0 Å². The van der Waals surface area contributed by atoms with Gasteiger partial charge in [0.25, 0.3) is 0 Å². The molecule has 1 aliphatic heterocycles. The van der Waals surface area contributed by atoms with E-state index in [1.807, 2.05) is 25.5 Å². The van der Waals surface area contributed by atoms with Crippen molar-refractivity contribution in [3.63, 3.8) is 0 Å². The molecule has 2 heterocycles. The lowest BCUT2D eigenvalue weighted by molar-refractivity contribution is 0.541. The van der Waals surface area contributed by atoms with Crippen molar-refractivity contribution in [2.45, 2.75) is 25.4 Å². The van der Waals surface area contributed by atoms with Gasteiger partial charge in [0.2, 0.25) is 0 Å². The van der Waals surface area contributed by atoms with Crippen molar-refractivity contribution in [2.75, 3.05) is 18.5 Å². The van der Waals surface area contributed by atoms with Crippen LogP contribution in [0.2, 0.25) is 0 Å². The van der Waals surface area contributed by atoms with Gasteiger partial charge in [0, 0.05) is 30.7 Å². The van der Waals surface area contributed by atoms with Gasteiger partial charge in [-0.1, -0.05) is 18.2 Å². The second-order valence-corrected chi connectivity index (χ2v) is 5.13. The summed E-state index contributed by atoms with van der Waals surface area (Å²) < 4.78 is 0. The topological polar surface area (TPSA) is 41.0 Å². The maximum absolute atomic E-state index is 4.35. The maximum Gasteiger partial charge on any atom is 0.147 e. The van der Waals surface area contributed by atoms with Crippen LogP contribution in [0.25, 0.3) is 0 Å². The molecule has 4 heteroatoms. The maximum atomic E-state index is 4.35. The Morgan fingerprint density at radius 3 is 2.80 bits per heavy atom. The number of benzene rings is 1. The van der Waals surface area contributed by atoms with Crippen LogP contribution in [-0.2, 0) is 6.54 Å². The summed E-state index contributed by atoms with van der Waals surface area (Å²) in [6, 6.07) is 10.9. The number of rotatable bonds is 3. The van der Waals surface area contributed by atoms with Crippen LogP contribution in [0.5, 0.6) is 0 Å². The van der Waals surface area contributed by atoms with E-state index in [1.165, 1.54) is 24.1 Å². The molecule has 0 aliphatic carbocycles. The van der Waals surface area contributed by atoms with Crippen LogP contribution in [0.4, 0.5) is 5.69 Å². The number of anilines is 1. The molecule has 0 spiro atoms. The number of aromatic nitrogens is 2. The molecule has 0 saturated heterocycles. The van der Waals surface area contributed by atoms with Gasteiger partial charge in [-0.15, -0.1) is 0 Å². The van der Waals surface area contributed by atoms with Gasteiger partial charge in [-0.3, -0.25) is 0 Å². The number of nitrogens with zero attached hydrogens (tertiary/aromatic N) is 3. The van der Waals surface area contributed by atoms with Crippen LogP contribution in [0.1, 0.15) is 30.3 Å². The van der Waals surface area contributed by atoms with Crippen LogP contribution >= 0.6 is 0 Å². The Hall–Kier alpha value is -1.94. The lowest BCUT2D eigenvalue weighted by Gasteiger charge is -2.25. The van der Waals surface area contributed by atoms with Crippen molar-refractivity contribution in [3.8, 4) is 0 Å². The number of hydrogen-bond acceptors (Lipinski definition) is 4. The molecule has 1 N–H and O–H groups in total. The molecule has 0 bridgehead atoms. The fourth-order valence-corrected chi connectivity index (χ4v) is 2.88. The van der Waals surface area contributed by atoms with E-state index in [2.05, 4.69) is 44.5 Å². The Balaban J connectivity index is 1.91. The number of nitrogens with one attached hydrogen (secondary N) is 1. The molecular formula is C16H20N4. The summed E-state index contributed by atoms with van der Waals surface area (Å²) in [6.45, 7) is 1.82. The van der Waals surface area contributed by atoms with Gasteiger partial charge in [0.1, 0.15) is 5.82 Å². The highest BCUT2D eigenvalue weighted by molar-refractivity contribution is 5.55. The molecule has 1 atom stereocenters. The minimum atomic E-state index is 0.438. The standard InChI is InChI=1S/C16H20N4/c1-17-14-7-4-11-20(12-16-18-9-5-10-19-16)15-8-3-2-6-13(14)15/h2-3,5-6,8-10,14,17H,4,7,11-12H2,1H3. The van der Waals surface area contributed by atoms with Crippen LogP contribution < -0.4 is 10.2 Å². The lowest BCUT2D eigenvalue weighted by Crippen LogP contribution is -2.24. The lowest BCUT2D eigenvalue weighted by atomic mass is 10.0. The second-order valence-electron chi connectivity index (χ2n) is 5.13. The Morgan fingerprint density at radius 2 is 2.00 bits per heavy atom. The molecule has 0 amide bonds. The SMILES string of the molecule is CNC1CCCN(Cc2ncccn2)c2ccccc21. The van der Waals surface area contributed by atoms with Gasteiger partial charge in [-0.25, -0.2) is 9.97 Å². The predicted molar refractivity (Wildman–Crippen MR) is 80.6 cm³/mol. The summed E-state index contributed by atoms with van der Waals surface area (Å²) >= 11 is 0. The van der Waals surface area contributed by atoms with Crippen molar-refractivity contribution in [2.24, 2.45) is 0 Å². The summed E-state index contributed by atoms with van der Waals surface area (Å²) in [4.78, 5) is 11.1. The first-order valence-corrected chi connectivity index (χ1v) is 7.15. The Labute approximate surface area is 119 Å². The summed E-state index contributed by atoms with van der Waals surface area (Å²) in [6.07, 6.45) is 5.96. The van der Waals surface area contributed by atoms with E-state index in [4.69, 9.17) is 0 Å². The molecular weight excluding hydrogens is 248 g/mol. The zero-order valence-electron chi connectivity index (χ0n) is 11.8. The Morgan fingerprint density at radius 1 is 1.20 bits per heavy atom. The van der Waals surface area contributed by atoms with E-state index < -0.39 is 0 Å². The third kappa shape index (κ3) is 2.65. The molecule has 3 rings (SSSR count). The summed E-state index contributed by atoms with van der Waals surface area (Å²) in [5, 5.41) is 3.43. The highest BCUT2D eigenvalue weighted by Crippen LogP contribution is 2.32. The van der Waals surface area contributed by atoms with E-state index in [9.17, 15) is 0 Å². The number of fused-ring (bicyclic) bond motifs is 1. The monoisotopic (exact) mass is 268 g/mol. The van der Waals surface area contributed by atoms with E-state index in [0.29, 0.717) is 6.04 Å². The third-order valence-electron chi connectivity index (χ3n) is 3.87. The zero-order chi connectivity index (χ0) is 13.8. The van der Waals surface area contributed by atoms with Gasteiger partial charge >= 0.3 is 0 Å². The first-order valence-electron chi connectivity index (χ1n) is 7.15. The molecule has 20 heavy (non-hydrogen) atoms. The van der Waals surface area contributed by atoms with E-state index in [-0.39, 0.29) is 0 Å². The predicted octanol–water partition coefficient (Wildman–Crippen LogP) is 2.54. The molecule has 1 unspecified atom stereocenters. The van der Waals surface area contributed by atoms with Gasteiger partial charge in [0.05, 0.1) is 6.54 Å². The highest BCUT2D eigenvalue weighted by Gasteiger charge is 2.21. The third-order valence-corrected chi connectivity index (χ3v) is 3.87. The Bertz CT molecular complexity index is 555. The van der Waals surface area contributed by atoms with Crippen LogP contribution in [0.15, 0.2) is 42.7 Å². The molecule has 0 saturated carbocycles. The molecule has 1 aromatic carbocycles. The highest BCUT2D eigenvalue weighted by atomic mass is 15.2. The molecule has 1 aliphatic rings. The van der Waals surface area contributed by atoms with Crippen molar-refractivity contribution in [3.05, 3.63) is 54.1 Å². The smallest absolute Gasteiger partial charge is 0.147 e. The van der Waals surface area contributed by atoms with Crippen LogP contribution in [-0.4, -0.2) is 23.6 Å². The van der Waals surface area contributed by atoms with Gasteiger partial charge in [0.15, 0.2) is 0 Å². The van der Waals surface area contributed by atoms with Gasteiger partial charge in [-0.2, -0.15) is 0 Å². The average molecular weight is 268 g/mol. The normalized spacial score (nSPS) is 18.4. The van der Waals surface area contributed by atoms with Crippen LogP contribution in [0, 0.1) is 0 Å². The summed E-state index contributed by atoms with van der Waals surface area (Å²) in [5.74, 6) is 0.880. The van der Waals surface area contributed by atoms with E-state index in [0.717, 1.165) is 18.9 Å². The molecule has 4 nitrogen and oxygen atoms in total. The molecule has 104 valence electrons. The first-order chi connectivity index (χ1) is 9.88. The van der Waals surface area contributed by atoms with Crippen LogP contribution in [0.3, 0.4) is 0 Å². The van der Waals surface area contributed by atoms with Gasteiger partial charge in [-0.05, 0) is 37.6 Å². The minimum absolute atomic E-state index is 0.438. The Kier molecular flexibility index (Phi) is 3.92. The zero-order valence-corrected chi connectivity index (χ0v) is 11.8. The fraction of sp³-hybridized carbons (Fsp3) is 0.375. The van der Waals surface area contributed by atoms with Crippen molar-refractivity contribution in [1.29, 1.82) is 0 Å². The largest absolute Gasteiger partial charge is 0.364 e. The molecule has 0 fully saturated rings. The minimum Gasteiger partial charge on any atom is -0.364 e. The molecule has 1 aromatic heterocycles. The average Bonchev–Trinajstić information content (AvgIpc) is 2.68. The molecule has 0 radical (unpaired) electrons. The molecule has 2 aromatic rings. The van der Waals surface area contributed by atoms with E-state index >= 15 is 0 Å². The second kappa shape index (κ2) is 6.01. The number of hydrogen-bond donors (Lipinski definition) is 1. The summed E-state index contributed by atoms with van der Waals surface area (Å²) in [7, 11) is 2.04. The fourth-order valence-electron chi connectivity index (χ4n) is 2.88. The first kappa shape index (κ1) is 13.1. The van der Waals surface area contributed by atoms with Gasteiger partial charge < -0.3 is 10.2 Å².